The zero-order valence-electron chi connectivity index (χ0n) is 8.45. The molecular formula is C11H8BrClN2O. The summed E-state index contributed by atoms with van der Waals surface area (Å²) in [6.45, 7) is 1.96. The molecule has 0 saturated carbocycles. The van der Waals surface area contributed by atoms with Crippen LogP contribution < -0.4 is 4.74 Å². The van der Waals surface area contributed by atoms with Crippen molar-refractivity contribution in [3.05, 3.63) is 45.8 Å². The summed E-state index contributed by atoms with van der Waals surface area (Å²) in [5.74, 6) is 1.17. The highest BCUT2D eigenvalue weighted by atomic mass is 79.9. The Bertz CT molecular complexity index is 519. The molecule has 1 heterocycles. The monoisotopic (exact) mass is 298 g/mol. The van der Waals surface area contributed by atoms with E-state index >= 15 is 0 Å². The van der Waals surface area contributed by atoms with Gasteiger partial charge in [0, 0.05) is 10.5 Å². The highest BCUT2D eigenvalue weighted by Crippen LogP contribution is 2.27. The predicted molar refractivity (Wildman–Crippen MR) is 66.0 cm³/mol. The Morgan fingerprint density at radius 3 is 2.81 bits per heavy atom. The van der Waals surface area contributed by atoms with Gasteiger partial charge < -0.3 is 4.74 Å². The molecule has 82 valence electrons. The number of rotatable bonds is 2. The quantitative estimate of drug-likeness (QED) is 0.786. The van der Waals surface area contributed by atoms with Crippen LogP contribution in [-0.4, -0.2) is 9.97 Å². The molecule has 0 spiro atoms. The molecule has 16 heavy (non-hydrogen) atoms. The standard InChI is InChI=1S/C11H8BrClN2O/c1-7-2-3-8(12)4-9(7)16-11-5-10(13)14-6-15-11/h2-6H,1H3. The van der Waals surface area contributed by atoms with Crippen LogP contribution in [0.3, 0.4) is 0 Å². The Balaban J connectivity index is 2.30. The number of hydrogen-bond donors (Lipinski definition) is 0. The third kappa shape index (κ3) is 2.71. The van der Waals surface area contributed by atoms with Gasteiger partial charge in [0.2, 0.25) is 5.88 Å². The van der Waals surface area contributed by atoms with E-state index in [4.69, 9.17) is 16.3 Å². The van der Waals surface area contributed by atoms with Gasteiger partial charge in [-0.3, -0.25) is 0 Å². The topological polar surface area (TPSA) is 35.0 Å². The first-order valence-electron chi connectivity index (χ1n) is 4.57. The van der Waals surface area contributed by atoms with Crippen LogP contribution in [0.5, 0.6) is 11.6 Å². The molecule has 0 saturated heterocycles. The first-order chi connectivity index (χ1) is 7.65. The number of benzene rings is 1. The summed E-state index contributed by atoms with van der Waals surface area (Å²) in [6.07, 6.45) is 1.37. The first kappa shape index (κ1) is 11.4. The average molecular weight is 300 g/mol. The maximum atomic E-state index is 5.74. The lowest BCUT2D eigenvalue weighted by Crippen LogP contribution is -1.91. The van der Waals surface area contributed by atoms with Gasteiger partial charge in [0.1, 0.15) is 17.2 Å². The fourth-order valence-corrected chi connectivity index (χ4v) is 1.65. The van der Waals surface area contributed by atoms with E-state index < -0.39 is 0 Å². The summed E-state index contributed by atoms with van der Waals surface area (Å²) in [7, 11) is 0. The second kappa shape index (κ2) is 4.80. The molecule has 0 aliphatic rings. The van der Waals surface area contributed by atoms with Gasteiger partial charge in [-0.15, -0.1) is 0 Å². The van der Waals surface area contributed by atoms with Gasteiger partial charge >= 0.3 is 0 Å². The Labute approximate surface area is 107 Å². The number of ether oxygens (including phenoxy) is 1. The van der Waals surface area contributed by atoms with Gasteiger partial charge in [0.05, 0.1) is 0 Å². The van der Waals surface area contributed by atoms with Crippen LogP contribution >= 0.6 is 27.5 Å². The van der Waals surface area contributed by atoms with Gasteiger partial charge in [0.25, 0.3) is 0 Å². The van der Waals surface area contributed by atoms with Crippen molar-refractivity contribution in [2.45, 2.75) is 6.92 Å². The van der Waals surface area contributed by atoms with Crippen molar-refractivity contribution in [2.75, 3.05) is 0 Å². The van der Waals surface area contributed by atoms with Crippen LogP contribution in [0.2, 0.25) is 5.15 Å². The smallest absolute Gasteiger partial charge is 0.223 e. The van der Waals surface area contributed by atoms with Gasteiger partial charge in [0.15, 0.2) is 0 Å². The van der Waals surface area contributed by atoms with E-state index in [1.807, 2.05) is 25.1 Å². The van der Waals surface area contributed by atoms with E-state index in [2.05, 4.69) is 25.9 Å². The van der Waals surface area contributed by atoms with Gasteiger partial charge in [-0.1, -0.05) is 33.6 Å². The van der Waals surface area contributed by atoms with Crippen molar-refractivity contribution in [2.24, 2.45) is 0 Å². The molecule has 0 atom stereocenters. The molecule has 2 aromatic rings. The summed E-state index contributed by atoms with van der Waals surface area (Å²) in [4.78, 5) is 7.76. The fraction of sp³-hybridized carbons (Fsp3) is 0.0909. The van der Waals surface area contributed by atoms with Crippen molar-refractivity contribution in [1.82, 2.24) is 9.97 Å². The molecule has 0 aliphatic heterocycles. The third-order valence-electron chi connectivity index (χ3n) is 1.97. The molecule has 3 nitrogen and oxygen atoms in total. The Hall–Kier alpha value is -1.13. The molecule has 5 heteroatoms. The maximum absolute atomic E-state index is 5.74. The summed E-state index contributed by atoms with van der Waals surface area (Å²) in [5.41, 5.74) is 1.03. The van der Waals surface area contributed by atoms with E-state index in [0.717, 1.165) is 15.8 Å². The Morgan fingerprint density at radius 2 is 2.06 bits per heavy atom. The average Bonchev–Trinajstić information content (AvgIpc) is 2.24. The van der Waals surface area contributed by atoms with E-state index in [0.29, 0.717) is 11.0 Å². The summed E-state index contributed by atoms with van der Waals surface area (Å²) in [6, 6.07) is 7.37. The minimum Gasteiger partial charge on any atom is -0.439 e. The Kier molecular flexibility index (Phi) is 3.41. The van der Waals surface area contributed by atoms with Gasteiger partial charge in [-0.05, 0) is 24.6 Å². The van der Waals surface area contributed by atoms with E-state index in [1.54, 1.807) is 6.07 Å². The van der Waals surface area contributed by atoms with Crippen molar-refractivity contribution in [1.29, 1.82) is 0 Å². The lowest BCUT2D eigenvalue weighted by molar-refractivity contribution is 0.458. The molecule has 0 N–H and O–H groups in total. The van der Waals surface area contributed by atoms with Crippen LogP contribution in [-0.2, 0) is 0 Å². The van der Waals surface area contributed by atoms with E-state index in [-0.39, 0.29) is 0 Å². The molecule has 0 radical (unpaired) electrons. The van der Waals surface area contributed by atoms with Crippen molar-refractivity contribution in [3.63, 3.8) is 0 Å². The summed E-state index contributed by atoms with van der Waals surface area (Å²) >= 11 is 9.13. The number of halogens is 2. The largest absolute Gasteiger partial charge is 0.439 e. The van der Waals surface area contributed by atoms with Crippen molar-refractivity contribution >= 4 is 27.5 Å². The molecule has 1 aromatic carbocycles. The lowest BCUT2D eigenvalue weighted by atomic mass is 10.2. The molecule has 0 amide bonds. The normalized spacial score (nSPS) is 10.2. The fourth-order valence-electron chi connectivity index (χ4n) is 1.17. The van der Waals surface area contributed by atoms with Crippen LogP contribution in [0, 0.1) is 6.92 Å². The molecule has 0 bridgehead atoms. The number of hydrogen-bond acceptors (Lipinski definition) is 3. The maximum Gasteiger partial charge on any atom is 0.223 e. The SMILES string of the molecule is Cc1ccc(Br)cc1Oc1cc(Cl)ncn1. The number of aryl methyl sites for hydroxylation is 1. The van der Waals surface area contributed by atoms with Crippen molar-refractivity contribution < 1.29 is 4.74 Å². The molecular weight excluding hydrogens is 291 g/mol. The Morgan fingerprint density at radius 1 is 1.25 bits per heavy atom. The molecule has 1 aromatic heterocycles. The molecule has 2 rings (SSSR count). The van der Waals surface area contributed by atoms with Crippen LogP contribution in [0.1, 0.15) is 5.56 Å². The zero-order chi connectivity index (χ0) is 11.5. The minimum absolute atomic E-state index is 0.359. The first-order valence-corrected chi connectivity index (χ1v) is 5.74. The van der Waals surface area contributed by atoms with E-state index in [9.17, 15) is 0 Å². The van der Waals surface area contributed by atoms with Gasteiger partial charge in [-0.25, -0.2) is 9.97 Å². The van der Waals surface area contributed by atoms with Crippen LogP contribution in [0.4, 0.5) is 0 Å². The summed E-state index contributed by atoms with van der Waals surface area (Å²) < 4.78 is 6.56. The predicted octanol–water partition coefficient (Wildman–Crippen LogP) is 3.99. The van der Waals surface area contributed by atoms with E-state index in [1.165, 1.54) is 6.33 Å². The molecule has 0 aliphatic carbocycles. The third-order valence-corrected chi connectivity index (χ3v) is 2.67. The molecule has 0 fully saturated rings. The minimum atomic E-state index is 0.359. The molecule has 0 unspecified atom stereocenters. The highest BCUT2D eigenvalue weighted by Gasteiger charge is 2.04. The second-order valence-electron chi connectivity index (χ2n) is 3.19. The number of aromatic nitrogens is 2. The van der Waals surface area contributed by atoms with Gasteiger partial charge in [-0.2, -0.15) is 0 Å². The zero-order valence-corrected chi connectivity index (χ0v) is 10.8. The lowest BCUT2D eigenvalue weighted by Gasteiger charge is -2.07. The van der Waals surface area contributed by atoms with Crippen molar-refractivity contribution in [3.8, 4) is 11.6 Å². The van der Waals surface area contributed by atoms with Crippen LogP contribution in [0.15, 0.2) is 35.1 Å². The highest BCUT2D eigenvalue weighted by molar-refractivity contribution is 9.10. The summed E-state index contributed by atoms with van der Waals surface area (Å²) in [5, 5.41) is 0.359. The van der Waals surface area contributed by atoms with Crippen LogP contribution in [0.25, 0.3) is 0 Å². The second-order valence-corrected chi connectivity index (χ2v) is 4.49. The number of nitrogens with zero attached hydrogens (tertiary/aromatic N) is 2.